The third-order valence-electron chi connectivity index (χ3n) is 5.56. The highest BCUT2D eigenvalue weighted by Gasteiger charge is 2.51. The molecule has 4 rings (SSSR count). The molecule has 0 spiro atoms. The van der Waals surface area contributed by atoms with Crippen LogP contribution in [0.2, 0.25) is 0 Å². The Morgan fingerprint density at radius 3 is 2.52 bits per heavy atom. The summed E-state index contributed by atoms with van der Waals surface area (Å²) in [5.41, 5.74) is 1.04. The molecule has 0 aliphatic carbocycles. The zero-order valence-corrected chi connectivity index (χ0v) is 17.6. The lowest BCUT2D eigenvalue weighted by atomic mass is 9.85. The van der Waals surface area contributed by atoms with Crippen LogP contribution >= 0.6 is 0 Å². The molecule has 160 valence electrons. The normalized spacial score (nSPS) is 18.3. The molecule has 7 heteroatoms. The van der Waals surface area contributed by atoms with Gasteiger partial charge < -0.3 is 14.5 Å². The highest BCUT2D eigenvalue weighted by atomic mass is 16.5. The maximum Gasteiger partial charge on any atom is 0.325 e. The van der Waals surface area contributed by atoms with Crippen molar-refractivity contribution in [3.63, 3.8) is 0 Å². The predicted octanol–water partition coefficient (Wildman–Crippen LogP) is 4.49. The number of rotatable bonds is 8. The minimum atomic E-state index is -1.04. The first-order chi connectivity index (χ1) is 15.1. The van der Waals surface area contributed by atoms with Gasteiger partial charge in [0.25, 0.3) is 5.91 Å². The van der Waals surface area contributed by atoms with Crippen LogP contribution in [0.5, 0.6) is 5.75 Å². The Bertz CT molecular complexity index is 1060. The third-order valence-corrected chi connectivity index (χ3v) is 5.56. The van der Waals surface area contributed by atoms with Crippen molar-refractivity contribution in [2.24, 2.45) is 0 Å². The number of carbonyl (C=O) groups excluding carboxylic acids is 2. The van der Waals surface area contributed by atoms with E-state index in [2.05, 4.69) is 17.2 Å². The summed E-state index contributed by atoms with van der Waals surface area (Å²) in [5.74, 6) is 0.898. The van der Waals surface area contributed by atoms with Crippen LogP contribution in [-0.2, 0) is 16.9 Å². The summed E-state index contributed by atoms with van der Waals surface area (Å²) in [4.78, 5) is 32.0. The number of benzene rings is 2. The summed E-state index contributed by atoms with van der Waals surface area (Å²) in [7, 11) is 1.60. The number of methoxy groups -OCH3 is 1. The Labute approximate surface area is 181 Å². The maximum absolute atomic E-state index is 13.5. The minimum absolute atomic E-state index is 0.0467. The van der Waals surface area contributed by atoms with Gasteiger partial charge in [-0.25, -0.2) is 9.78 Å². The molecular formula is C24H25N3O4. The van der Waals surface area contributed by atoms with Crippen LogP contribution in [0.3, 0.4) is 0 Å². The van der Waals surface area contributed by atoms with Crippen LogP contribution in [0.25, 0.3) is 11.5 Å². The smallest absolute Gasteiger partial charge is 0.325 e. The number of carbonyl (C=O) groups is 2. The lowest BCUT2D eigenvalue weighted by Gasteiger charge is -2.27. The number of amides is 3. The minimum Gasteiger partial charge on any atom is -0.497 e. The highest BCUT2D eigenvalue weighted by molar-refractivity contribution is 6.07. The van der Waals surface area contributed by atoms with Crippen LogP contribution in [0.1, 0.15) is 37.4 Å². The summed E-state index contributed by atoms with van der Waals surface area (Å²) >= 11 is 0. The van der Waals surface area contributed by atoms with Gasteiger partial charge in [-0.05, 0) is 36.2 Å². The average Bonchev–Trinajstić information content (AvgIpc) is 3.37. The summed E-state index contributed by atoms with van der Waals surface area (Å²) in [5, 5.41) is 2.95. The number of hydrogen-bond acceptors (Lipinski definition) is 5. The van der Waals surface area contributed by atoms with Crippen LogP contribution in [0, 0.1) is 0 Å². The van der Waals surface area contributed by atoms with E-state index >= 15 is 0 Å². The van der Waals surface area contributed by atoms with Gasteiger partial charge in [0, 0.05) is 5.56 Å². The van der Waals surface area contributed by atoms with Crippen molar-refractivity contribution >= 4 is 11.9 Å². The highest BCUT2D eigenvalue weighted by Crippen LogP contribution is 2.35. The summed E-state index contributed by atoms with van der Waals surface area (Å²) in [6.45, 7) is 2.11. The van der Waals surface area contributed by atoms with E-state index in [9.17, 15) is 9.59 Å². The molecule has 3 aromatic rings. The largest absolute Gasteiger partial charge is 0.497 e. The SMILES string of the molecule is CCCCC1(c2ccccc2)NC(=O)N(Cc2coc(-c3ccc(OC)cc3)n2)C1=O. The first-order valence-corrected chi connectivity index (χ1v) is 10.4. The van der Waals surface area contributed by atoms with Gasteiger partial charge in [0.1, 0.15) is 17.6 Å². The lowest BCUT2D eigenvalue weighted by Crippen LogP contribution is -2.44. The fourth-order valence-electron chi connectivity index (χ4n) is 3.85. The van der Waals surface area contributed by atoms with E-state index in [0.717, 1.165) is 29.7 Å². The molecule has 31 heavy (non-hydrogen) atoms. The number of imide groups is 1. The number of hydrogen-bond donors (Lipinski definition) is 1. The number of nitrogens with zero attached hydrogens (tertiary/aromatic N) is 2. The molecule has 1 saturated heterocycles. The van der Waals surface area contributed by atoms with Gasteiger partial charge in [-0.3, -0.25) is 9.69 Å². The number of urea groups is 1. The van der Waals surface area contributed by atoms with Gasteiger partial charge in [-0.1, -0.05) is 50.1 Å². The predicted molar refractivity (Wildman–Crippen MR) is 115 cm³/mol. The lowest BCUT2D eigenvalue weighted by molar-refractivity contribution is -0.132. The molecule has 0 bridgehead atoms. The van der Waals surface area contributed by atoms with Gasteiger partial charge >= 0.3 is 6.03 Å². The molecule has 0 radical (unpaired) electrons. The zero-order chi connectivity index (χ0) is 21.8. The van der Waals surface area contributed by atoms with Crippen molar-refractivity contribution in [2.45, 2.75) is 38.3 Å². The van der Waals surface area contributed by atoms with E-state index in [0.29, 0.717) is 18.0 Å². The fourth-order valence-corrected chi connectivity index (χ4v) is 3.85. The van der Waals surface area contributed by atoms with Crippen molar-refractivity contribution in [3.05, 3.63) is 72.1 Å². The molecule has 1 fully saturated rings. The molecule has 3 amide bonds. The molecule has 1 unspecified atom stereocenters. The average molecular weight is 419 g/mol. The second-order valence-electron chi connectivity index (χ2n) is 7.57. The van der Waals surface area contributed by atoms with Gasteiger partial charge in [0.2, 0.25) is 5.89 Å². The van der Waals surface area contributed by atoms with Crippen LogP contribution in [0.4, 0.5) is 4.79 Å². The van der Waals surface area contributed by atoms with Crippen molar-refractivity contribution in [3.8, 4) is 17.2 Å². The van der Waals surface area contributed by atoms with Crippen molar-refractivity contribution in [1.29, 1.82) is 0 Å². The zero-order valence-electron chi connectivity index (χ0n) is 17.6. The molecular weight excluding hydrogens is 394 g/mol. The maximum atomic E-state index is 13.5. The van der Waals surface area contributed by atoms with E-state index in [1.807, 2.05) is 54.6 Å². The number of ether oxygens (including phenoxy) is 1. The molecule has 1 aromatic heterocycles. The van der Waals surface area contributed by atoms with E-state index in [4.69, 9.17) is 9.15 Å². The summed E-state index contributed by atoms with van der Waals surface area (Å²) in [6.07, 6.45) is 3.77. The van der Waals surface area contributed by atoms with Crippen molar-refractivity contribution in [1.82, 2.24) is 15.2 Å². The van der Waals surface area contributed by atoms with Crippen LogP contribution in [-0.4, -0.2) is 28.9 Å². The van der Waals surface area contributed by atoms with Gasteiger partial charge in [0.05, 0.1) is 19.3 Å². The Morgan fingerprint density at radius 1 is 1.10 bits per heavy atom. The quantitative estimate of drug-likeness (QED) is 0.544. The Balaban J connectivity index is 1.57. The van der Waals surface area contributed by atoms with E-state index in [1.165, 1.54) is 11.2 Å². The summed E-state index contributed by atoms with van der Waals surface area (Å²) in [6, 6.07) is 16.3. The second-order valence-corrected chi connectivity index (χ2v) is 7.57. The number of nitrogens with one attached hydrogen (secondary N) is 1. The molecule has 1 aliphatic heterocycles. The molecule has 0 saturated carbocycles. The standard InChI is InChI=1S/C24H25N3O4/c1-3-4-14-24(18-8-6-5-7-9-18)22(28)27(23(29)26-24)15-19-16-31-21(25-19)17-10-12-20(30-2)13-11-17/h5-13,16H,3-4,14-15H2,1-2H3,(H,26,29). The van der Waals surface area contributed by atoms with Crippen molar-refractivity contribution in [2.75, 3.05) is 7.11 Å². The Kier molecular flexibility index (Phi) is 5.75. The fraction of sp³-hybridized carbons (Fsp3) is 0.292. The van der Waals surface area contributed by atoms with Gasteiger partial charge in [0.15, 0.2) is 0 Å². The molecule has 1 atom stereocenters. The first-order valence-electron chi connectivity index (χ1n) is 10.4. The first kappa shape index (κ1) is 20.7. The van der Waals surface area contributed by atoms with E-state index in [-0.39, 0.29) is 12.5 Å². The van der Waals surface area contributed by atoms with Gasteiger partial charge in [-0.15, -0.1) is 0 Å². The topological polar surface area (TPSA) is 84.7 Å². The molecule has 2 heterocycles. The van der Waals surface area contributed by atoms with Crippen molar-refractivity contribution < 1.29 is 18.7 Å². The molecule has 1 N–H and O–H groups in total. The van der Waals surface area contributed by atoms with Crippen LogP contribution < -0.4 is 10.1 Å². The number of oxazole rings is 1. The van der Waals surface area contributed by atoms with E-state index in [1.54, 1.807) is 7.11 Å². The monoisotopic (exact) mass is 419 g/mol. The van der Waals surface area contributed by atoms with E-state index < -0.39 is 11.6 Å². The summed E-state index contributed by atoms with van der Waals surface area (Å²) < 4.78 is 10.8. The Hall–Kier alpha value is -3.61. The number of unbranched alkanes of at least 4 members (excludes halogenated alkanes) is 1. The third kappa shape index (κ3) is 3.91. The molecule has 2 aromatic carbocycles. The van der Waals surface area contributed by atoms with Gasteiger partial charge in [-0.2, -0.15) is 0 Å². The van der Waals surface area contributed by atoms with Crippen LogP contribution in [0.15, 0.2) is 65.3 Å². The molecule has 7 nitrogen and oxygen atoms in total. The molecule has 1 aliphatic rings. The number of aromatic nitrogens is 1. The second kappa shape index (κ2) is 8.63. The Morgan fingerprint density at radius 2 is 1.84 bits per heavy atom.